The van der Waals surface area contributed by atoms with E-state index in [1.165, 1.54) is 31.2 Å². The Balaban J connectivity index is 1.78. The summed E-state index contributed by atoms with van der Waals surface area (Å²) < 4.78 is 5.76. The highest BCUT2D eigenvalue weighted by atomic mass is 16.5. The van der Waals surface area contributed by atoms with Gasteiger partial charge in [0.05, 0.1) is 0 Å². The Morgan fingerprint density at radius 3 is 2.41 bits per heavy atom. The third-order valence-electron chi connectivity index (χ3n) is 4.51. The van der Waals surface area contributed by atoms with Crippen molar-refractivity contribution in [1.29, 1.82) is 0 Å². The zero-order chi connectivity index (χ0) is 15.9. The van der Waals surface area contributed by atoms with E-state index < -0.39 is 0 Å². The molecule has 0 aliphatic heterocycles. The van der Waals surface area contributed by atoms with E-state index in [0.29, 0.717) is 6.04 Å². The highest BCUT2D eigenvalue weighted by molar-refractivity contribution is 5.74. The molecule has 0 aromatic heterocycles. The Morgan fingerprint density at radius 2 is 1.73 bits per heavy atom. The van der Waals surface area contributed by atoms with E-state index in [9.17, 15) is 4.79 Å². The van der Waals surface area contributed by atoms with Crippen LogP contribution in [0, 0.1) is 20.8 Å². The normalized spacial score (nSPS) is 16.0. The molecule has 0 radical (unpaired) electrons. The first-order valence-electron chi connectivity index (χ1n) is 8.32. The minimum atomic E-state index is -0.130. The van der Waals surface area contributed by atoms with Crippen molar-refractivity contribution < 1.29 is 9.53 Å². The molecule has 2 amide bonds. The molecule has 4 heteroatoms. The van der Waals surface area contributed by atoms with Crippen LogP contribution in [0.25, 0.3) is 0 Å². The van der Waals surface area contributed by atoms with Crippen LogP contribution < -0.4 is 15.4 Å². The van der Waals surface area contributed by atoms with Crippen LogP contribution in [0.5, 0.6) is 5.75 Å². The molecule has 1 aliphatic rings. The van der Waals surface area contributed by atoms with E-state index in [1.54, 1.807) is 0 Å². The molecular weight excluding hydrogens is 276 g/mol. The summed E-state index contributed by atoms with van der Waals surface area (Å²) in [6.45, 7) is 6.33. The maximum atomic E-state index is 11.9. The van der Waals surface area contributed by atoms with Gasteiger partial charge in [-0.05, 0) is 50.3 Å². The molecular formula is C18H28N2O2. The molecule has 1 aromatic rings. The third kappa shape index (κ3) is 4.65. The Labute approximate surface area is 133 Å². The van der Waals surface area contributed by atoms with Crippen LogP contribution in [0.1, 0.15) is 55.2 Å². The second kappa shape index (κ2) is 8.06. The quantitative estimate of drug-likeness (QED) is 0.653. The van der Waals surface area contributed by atoms with Crippen LogP contribution >= 0.6 is 0 Å². The lowest BCUT2D eigenvalue weighted by atomic mass is 10.1. The summed E-state index contributed by atoms with van der Waals surface area (Å²) in [5.74, 6) is 0.870. The lowest BCUT2D eigenvalue weighted by Crippen LogP contribution is -2.43. The fourth-order valence-corrected chi connectivity index (χ4v) is 2.98. The van der Waals surface area contributed by atoms with Gasteiger partial charge in [0, 0.05) is 6.04 Å². The molecule has 1 aromatic carbocycles. The van der Waals surface area contributed by atoms with Gasteiger partial charge in [-0.1, -0.05) is 37.8 Å². The molecule has 1 aliphatic carbocycles. The van der Waals surface area contributed by atoms with E-state index in [-0.39, 0.29) is 12.8 Å². The monoisotopic (exact) mass is 304 g/mol. The van der Waals surface area contributed by atoms with Crippen LogP contribution in [0.4, 0.5) is 4.79 Å². The molecule has 0 unspecified atom stereocenters. The third-order valence-corrected chi connectivity index (χ3v) is 4.51. The van der Waals surface area contributed by atoms with Gasteiger partial charge in [0.2, 0.25) is 0 Å². The number of carbonyl (C=O) groups excluding carboxylic acids is 1. The smallest absolute Gasteiger partial charge is 0.317 e. The summed E-state index contributed by atoms with van der Waals surface area (Å²) in [5.41, 5.74) is 3.42. The average molecular weight is 304 g/mol. The molecule has 0 spiro atoms. The number of ether oxygens (including phenoxy) is 1. The van der Waals surface area contributed by atoms with E-state index in [1.807, 2.05) is 19.9 Å². The van der Waals surface area contributed by atoms with E-state index in [0.717, 1.165) is 29.7 Å². The van der Waals surface area contributed by atoms with E-state index >= 15 is 0 Å². The van der Waals surface area contributed by atoms with Gasteiger partial charge in [0.15, 0.2) is 6.73 Å². The summed E-state index contributed by atoms with van der Waals surface area (Å²) in [7, 11) is 0. The van der Waals surface area contributed by atoms with Gasteiger partial charge in [0.1, 0.15) is 5.75 Å². The van der Waals surface area contributed by atoms with Crippen molar-refractivity contribution in [2.24, 2.45) is 0 Å². The van der Waals surface area contributed by atoms with Crippen LogP contribution in [0.2, 0.25) is 0 Å². The lowest BCUT2D eigenvalue weighted by molar-refractivity contribution is 0.218. The second-order valence-electron chi connectivity index (χ2n) is 6.28. The maximum absolute atomic E-state index is 11.9. The highest BCUT2D eigenvalue weighted by Gasteiger charge is 2.14. The van der Waals surface area contributed by atoms with Crippen LogP contribution in [-0.2, 0) is 0 Å². The number of carbonyl (C=O) groups is 1. The van der Waals surface area contributed by atoms with Crippen molar-refractivity contribution in [3.63, 3.8) is 0 Å². The Kier molecular flexibility index (Phi) is 6.10. The lowest BCUT2D eigenvalue weighted by Gasteiger charge is -2.18. The molecule has 0 atom stereocenters. The standard InChI is InChI=1S/C18H28N2O2/c1-13-10-11-14(2)17(15(13)3)22-12-19-18(21)20-16-8-6-4-5-7-9-16/h10-11,16H,4-9,12H2,1-3H3,(H2,19,20,21). The fourth-order valence-electron chi connectivity index (χ4n) is 2.98. The summed E-state index contributed by atoms with van der Waals surface area (Å²) >= 11 is 0. The molecule has 22 heavy (non-hydrogen) atoms. The Morgan fingerprint density at radius 1 is 1.09 bits per heavy atom. The molecule has 0 heterocycles. The predicted octanol–water partition coefficient (Wildman–Crippen LogP) is 3.97. The summed E-state index contributed by atoms with van der Waals surface area (Å²) in [4.78, 5) is 11.9. The number of amides is 2. The minimum Gasteiger partial charge on any atom is -0.473 e. The van der Waals surface area contributed by atoms with Gasteiger partial charge in [-0.3, -0.25) is 0 Å². The first-order valence-corrected chi connectivity index (χ1v) is 8.32. The van der Waals surface area contributed by atoms with Gasteiger partial charge in [-0.25, -0.2) is 4.79 Å². The van der Waals surface area contributed by atoms with Gasteiger partial charge < -0.3 is 15.4 Å². The van der Waals surface area contributed by atoms with Crippen molar-refractivity contribution in [3.8, 4) is 5.75 Å². The second-order valence-corrected chi connectivity index (χ2v) is 6.28. The first-order chi connectivity index (χ1) is 10.6. The maximum Gasteiger partial charge on any atom is 0.317 e. The SMILES string of the molecule is Cc1ccc(C)c(OCNC(=O)NC2CCCCCC2)c1C. The predicted molar refractivity (Wildman–Crippen MR) is 89.3 cm³/mol. The largest absolute Gasteiger partial charge is 0.473 e. The number of aryl methyl sites for hydroxylation is 2. The molecule has 122 valence electrons. The molecule has 2 rings (SSSR count). The van der Waals surface area contributed by atoms with Gasteiger partial charge in [-0.15, -0.1) is 0 Å². The van der Waals surface area contributed by atoms with Crippen LogP contribution in [0.15, 0.2) is 12.1 Å². The minimum absolute atomic E-state index is 0.130. The number of hydrogen-bond acceptors (Lipinski definition) is 2. The molecule has 1 fully saturated rings. The average Bonchev–Trinajstić information content (AvgIpc) is 2.75. The number of urea groups is 1. The molecule has 0 bridgehead atoms. The van der Waals surface area contributed by atoms with Crippen LogP contribution in [0.3, 0.4) is 0 Å². The van der Waals surface area contributed by atoms with Gasteiger partial charge >= 0.3 is 6.03 Å². The first kappa shape index (κ1) is 16.7. The zero-order valence-corrected chi connectivity index (χ0v) is 14.0. The molecule has 4 nitrogen and oxygen atoms in total. The van der Waals surface area contributed by atoms with Crippen molar-refractivity contribution in [3.05, 3.63) is 28.8 Å². The molecule has 2 N–H and O–H groups in total. The number of rotatable bonds is 4. The zero-order valence-electron chi connectivity index (χ0n) is 14.0. The van der Waals surface area contributed by atoms with Gasteiger partial charge in [-0.2, -0.15) is 0 Å². The molecule has 0 saturated heterocycles. The summed E-state index contributed by atoms with van der Waals surface area (Å²) in [6, 6.07) is 4.31. The summed E-state index contributed by atoms with van der Waals surface area (Å²) in [5, 5.41) is 5.86. The molecule has 1 saturated carbocycles. The Hall–Kier alpha value is -1.71. The van der Waals surface area contributed by atoms with Crippen molar-refractivity contribution >= 4 is 6.03 Å². The van der Waals surface area contributed by atoms with Crippen molar-refractivity contribution in [1.82, 2.24) is 10.6 Å². The fraction of sp³-hybridized carbons (Fsp3) is 0.611. The number of benzene rings is 1. The van der Waals surface area contributed by atoms with E-state index in [2.05, 4.69) is 23.6 Å². The van der Waals surface area contributed by atoms with E-state index in [4.69, 9.17) is 4.74 Å². The Bertz CT molecular complexity index is 506. The summed E-state index contributed by atoms with van der Waals surface area (Å²) in [6.07, 6.45) is 7.17. The highest BCUT2D eigenvalue weighted by Crippen LogP contribution is 2.25. The number of nitrogens with one attached hydrogen (secondary N) is 2. The van der Waals surface area contributed by atoms with Crippen molar-refractivity contribution in [2.45, 2.75) is 65.3 Å². The topological polar surface area (TPSA) is 50.4 Å². The van der Waals surface area contributed by atoms with Gasteiger partial charge in [0.25, 0.3) is 0 Å². The van der Waals surface area contributed by atoms with Crippen LogP contribution in [-0.4, -0.2) is 18.8 Å². The van der Waals surface area contributed by atoms with Crippen molar-refractivity contribution in [2.75, 3.05) is 6.73 Å². The number of hydrogen-bond donors (Lipinski definition) is 2.